The molecule has 1 heterocycles. The number of hydrogen-bond donors (Lipinski definition) is 3. The Kier molecular flexibility index (Phi) is 6.52. The average molecular weight is 397 g/mol. The van der Waals surface area contributed by atoms with Gasteiger partial charge < -0.3 is 15.2 Å². The summed E-state index contributed by atoms with van der Waals surface area (Å²) in [7, 11) is -3.67. The van der Waals surface area contributed by atoms with Gasteiger partial charge in [-0.3, -0.25) is 4.79 Å². The van der Waals surface area contributed by atoms with Crippen LogP contribution in [0.25, 0.3) is 0 Å². The topological polar surface area (TPSA) is 105 Å². The van der Waals surface area contributed by atoms with Crippen molar-refractivity contribution in [3.63, 3.8) is 0 Å². The number of sulfonamides is 1. The van der Waals surface area contributed by atoms with Crippen LogP contribution in [0.5, 0.6) is 0 Å². The monoisotopic (exact) mass is 396 g/mol. The Morgan fingerprint density at radius 3 is 2.52 bits per heavy atom. The number of hydrogen-bond acceptors (Lipinski definition) is 5. The van der Waals surface area contributed by atoms with Crippen molar-refractivity contribution in [1.29, 1.82) is 0 Å². The van der Waals surface area contributed by atoms with Gasteiger partial charge in [-0.05, 0) is 51.2 Å². The molecule has 3 N–H and O–H groups in total. The number of carbonyl (C=O) groups is 1. The fraction of sp³-hybridized carbons (Fsp3) is 0.632. The van der Waals surface area contributed by atoms with E-state index in [1.807, 2.05) is 6.92 Å². The van der Waals surface area contributed by atoms with Crippen LogP contribution in [0.2, 0.25) is 0 Å². The van der Waals surface area contributed by atoms with Gasteiger partial charge in [-0.25, -0.2) is 13.1 Å². The SMILES string of the molecule is Cc1ccc(S(=O)(=O)N[C@@H]2CC[C@@H](CCNC(=O)C3CC3)O[C@@H]2CO)cc1. The van der Waals surface area contributed by atoms with Crippen LogP contribution in [0.15, 0.2) is 29.2 Å². The third-order valence-electron chi connectivity index (χ3n) is 5.15. The van der Waals surface area contributed by atoms with Crippen LogP contribution in [-0.4, -0.2) is 50.8 Å². The van der Waals surface area contributed by atoms with Gasteiger partial charge in [-0.1, -0.05) is 17.7 Å². The maximum absolute atomic E-state index is 12.6. The fourth-order valence-electron chi connectivity index (χ4n) is 3.31. The first kappa shape index (κ1) is 20.3. The number of aliphatic hydroxyl groups excluding tert-OH is 1. The molecule has 1 aromatic carbocycles. The second-order valence-corrected chi connectivity index (χ2v) is 9.17. The molecule has 0 aromatic heterocycles. The standard InChI is InChI=1S/C19H28N2O5S/c1-13-2-7-16(8-3-13)27(24,25)21-17-9-6-15(26-18(17)12-22)10-11-20-19(23)14-4-5-14/h2-3,7-8,14-15,17-18,21-22H,4-6,9-12H2,1H3,(H,20,23)/t15-,17+,18+/m0/s1. The van der Waals surface area contributed by atoms with Crippen LogP contribution in [0.1, 0.15) is 37.7 Å². The van der Waals surface area contributed by atoms with E-state index in [4.69, 9.17) is 4.74 Å². The van der Waals surface area contributed by atoms with Gasteiger partial charge in [-0.15, -0.1) is 0 Å². The molecule has 1 amide bonds. The highest BCUT2D eigenvalue weighted by Gasteiger charge is 2.34. The van der Waals surface area contributed by atoms with Gasteiger partial charge >= 0.3 is 0 Å². The number of aliphatic hydroxyl groups is 1. The van der Waals surface area contributed by atoms with Crippen molar-refractivity contribution >= 4 is 15.9 Å². The minimum Gasteiger partial charge on any atom is -0.394 e. The molecule has 3 atom stereocenters. The summed E-state index contributed by atoms with van der Waals surface area (Å²) in [6.45, 7) is 2.18. The predicted octanol–water partition coefficient (Wildman–Crippen LogP) is 1.10. The van der Waals surface area contributed by atoms with E-state index in [1.54, 1.807) is 24.3 Å². The number of aryl methyl sites for hydroxylation is 1. The smallest absolute Gasteiger partial charge is 0.240 e. The van der Waals surface area contributed by atoms with E-state index in [0.717, 1.165) is 18.4 Å². The van der Waals surface area contributed by atoms with Crippen LogP contribution >= 0.6 is 0 Å². The lowest BCUT2D eigenvalue weighted by Gasteiger charge is -2.36. The fourth-order valence-corrected chi connectivity index (χ4v) is 4.61. The second kappa shape index (κ2) is 8.68. The molecule has 7 nitrogen and oxygen atoms in total. The molecule has 27 heavy (non-hydrogen) atoms. The van der Waals surface area contributed by atoms with Crippen molar-refractivity contribution in [2.24, 2.45) is 5.92 Å². The van der Waals surface area contributed by atoms with Crippen molar-refractivity contribution in [3.8, 4) is 0 Å². The highest BCUT2D eigenvalue weighted by atomic mass is 32.2. The first-order valence-electron chi connectivity index (χ1n) is 9.52. The summed E-state index contributed by atoms with van der Waals surface area (Å²) < 4.78 is 33.7. The number of ether oxygens (including phenoxy) is 1. The molecule has 150 valence electrons. The number of amides is 1. The zero-order chi connectivity index (χ0) is 19.4. The summed E-state index contributed by atoms with van der Waals surface area (Å²) in [6.07, 6.45) is 3.17. The third kappa shape index (κ3) is 5.51. The Morgan fingerprint density at radius 2 is 1.89 bits per heavy atom. The summed E-state index contributed by atoms with van der Waals surface area (Å²) in [5.41, 5.74) is 0.986. The zero-order valence-corrected chi connectivity index (χ0v) is 16.4. The van der Waals surface area contributed by atoms with Crippen molar-refractivity contribution in [1.82, 2.24) is 10.0 Å². The van der Waals surface area contributed by atoms with Gasteiger partial charge in [0, 0.05) is 12.5 Å². The van der Waals surface area contributed by atoms with Gasteiger partial charge in [0.2, 0.25) is 15.9 Å². The second-order valence-electron chi connectivity index (χ2n) is 7.45. The maximum Gasteiger partial charge on any atom is 0.240 e. The van der Waals surface area contributed by atoms with E-state index < -0.39 is 22.2 Å². The summed E-state index contributed by atoms with van der Waals surface area (Å²) >= 11 is 0. The van der Waals surface area contributed by atoms with Gasteiger partial charge in [0.25, 0.3) is 0 Å². The lowest BCUT2D eigenvalue weighted by Crippen LogP contribution is -2.51. The van der Waals surface area contributed by atoms with Crippen LogP contribution in [0.4, 0.5) is 0 Å². The molecule has 1 saturated carbocycles. The summed E-state index contributed by atoms with van der Waals surface area (Å²) in [5.74, 6) is 0.288. The summed E-state index contributed by atoms with van der Waals surface area (Å²) in [5, 5.41) is 12.6. The lowest BCUT2D eigenvalue weighted by atomic mass is 9.98. The number of carbonyl (C=O) groups excluding carboxylic acids is 1. The number of nitrogens with one attached hydrogen (secondary N) is 2. The quantitative estimate of drug-likeness (QED) is 0.610. The Balaban J connectivity index is 1.51. The maximum atomic E-state index is 12.6. The normalized spacial score (nSPS) is 25.9. The molecular weight excluding hydrogens is 368 g/mol. The highest BCUT2D eigenvalue weighted by Crippen LogP contribution is 2.29. The molecule has 0 bridgehead atoms. The van der Waals surface area contributed by atoms with Gasteiger partial charge in [0.05, 0.1) is 29.8 Å². The Hall–Kier alpha value is -1.48. The Labute approximate surface area is 160 Å². The average Bonchev–Trinajstić information content (AvgIpc) is 3.48. The molecule has 2 aliphatic rings. The van der Waals surface area contributed by atoms with Crippen LogP contribution in [0, 0.1) is 12.8 Å². The summed E-state index contributed by atoms with van der Waals surface area (Å²) in [6, 6.07) is 6.17. The molecule has 1 aromatic rings. The lowest BCUT2D eigenvalue weighted by molar-refractivity contribution is -0.122. The van der Waals surface area contributed by atoms with Crippen molar-refractivity contribution in [2.75, 3.05) is 13.2 Å². The first-order valence-corrected chi connectivity index (χ1v) is 11.0. The number of rotatable bonds is 8. The van der Waals surface area contributed by atoms with Gasteiger partial charge in [-0.2, -0.15) is 0 Å². The number of benzene rings is 1. The molecule has 3 rings (SSSR count). The van der Waals surface area contributed by atoms with Crippen molar-refractivity contribution in [2.45, 2.75) is 62.2 Å². The highest BCUT2D eigenvalue weighted by molar-refractivity contribution is 7.89. The largest absolute Gasteiger partial charge is 0.394 e. The van der Waals surface area contributed by atoms with Crippen LogP contribution < -0.4 is 10.0 Å². The van der Waals surface area contributed by atoms with Crippen molar-refractivity contribution < 1.29 is 23.1 Å². The Bertz CT molecular complexity index is 746. The molecule has 8 heteroatoms. The van der Waals surface area contributed by atoms with Crippen LogP contribution in [0.3, 0.4) is 0 Å². The molecule has 0 radical (unpaired) electrons. The van der Waals surface area contributed by atoms with E-state index in [2.05, 4.69) is 10.0 Å². The Morgan fingerprint density at radius 1 is 1.19 bits per heavy atom. The van der Waals surface area contributed by atoms with E-state index in [1.165, 1.54) is 0 Å². The minimum absolute atomic E-state index is 0.0956. The minimum atomic E-state index is -3.67. The van der Waals surface area contributed by atoms with E-state index in [9.17, 15) is 18.3 Å². The molecular formula is C19H28N2O5S. The molecule has 1 aliphatic carbocycles. The van der Waals surface area contributed by atoms with E-state index >= 15 is 0 Å². The van der Waals surface area contributed by atoms with Crippen LogP contribution in [-0.2, 0) is 19.6 Å². The van der Waals surface area contributed by atoms with Gasteiger partial charge in [0.1, 0.15) is 0 Å². The molecule has 1 aliphatic heterocycles. The molecule has 1 saturated heterocycles. The summed E-state index contributed by atoms with van der Waals surface area (Å²) in [4.78, 5) is 11.9. The van der Waals surface area contributed by atoms with Gasteiger partial charge in [0.15, 0.2) is 0 Å². The van der Waals surface area contributed by atoms with Crippen molar-refractivity contribution in [3.05, 3.63) is 29.8 Å². The molecule has 2 fully saturated rings. The molecule has 0 unspecified atom stereocenters. The molecule has 0 spiro atoms. The van der Waals surface area contributed by atoms with E-state index in [0.29, 0.717) is 25.8 Å². The first-order chi connectivity index (χ1) is 12.9. The third-order valence-corrected chi connectivity index (χ3v) is 6.65. The van der Waals surface area contributed by atoms with E-state index in [-0.39, 0.29) is 29.4 Å². The zero-order valence-electron chi connectivity index (χ0n) is 15.6. The predicted molar refractivity (Wildman–Crippen MR) is 101 cm³/mol.